The van der Waals surface area contributed by atoms with Crippen LogP contribution in [0.4, 0.5) is 17.5 Å². The van der Waals surface area contributed by atoms with E-state index in [1.807, 2.05) is 24.3 Å². The third-order valence-electron chi connectivity index (χ3n) is 4.27. The van der Waals surface area contributed by atoms with Crippen molar-refractivity contribution in [1.29, 1.82) is 0 Å². The molecule has 2 heterocycles. The number of carbonyl (C=O) groups excluding carboxylic acids is 1. The summed E-state index contributed by atoms with van der Waals surface area (Å²) in [7, 11) is 0. The van der Waals surface area contributed by atoms with Crippen LogP contribution in [0.5, 0.6) is 0 Å². The second kappa shape index (κ2) is 8.06. The van der Waals surface area contributed by atoms with Crippen LogP contribution in [-0.2, 0) is 6.42 Å². The number of primary amides is 1. The van der Waals surface area contributed by atoms with Gasteiger partial charge in [0.15, 0.2) is 0 Å². The third-order valence-corrected chi connectivity index (χ3v) is 5.21. The topological polar surface area (TPSA) is 92.9 Å². The molecule has 0 unspecified atom stereocenters. The van der Waals surface area contributed by atoms with Gasteiger partial charge >= 0.3 is 0 Å². The van der Waals surface area contributed by atoms with E-state index in [1.165, 1.54) is 4.88 Å². The van der Waals surface area contributed by atoms with E-state index < -0.39 is 5.91 Å². The van der Waals surface area contributed by atoms with Gasteiger partial charge in [0, 0.05) is 28.1 Å². The summed E-state index contributed by atoms with van der Waals surface area (Å²) in [6.45, 7) is 0.786. The number of thiophene rings is 1. The highest BCUT2D eigenvalue weighted by molar-refractivity contribution is 7.09. The number of nitrogens with one attached hydrogen (secondary N) is 2. The summed E-state index contributed by atoms with van der Waals surface area (Å²) >= 11 is 1.75. The van der Waals surface area contributed by atoms with Gasteiger partial charge in [0.2, 0.25) is 11.9 Å². The summed E-state index contributed by atoms with van der Waals surface area (Å²) in [6, 6.07) is 19.0. The summed E-state index contributed by atoms with van der Waals surface area (Å²) in [5.41, 5.74) is 7.38. The van der Waals surface area contributed by atoms with E-state index in [0.717, 1.165) is 35.4 Å². The molecule has 4 rings (SSSR count). The average Bonchev–Trinajstić information content (AvgIpc) is 3.22. The van der Waals surface area contributed by atoms with E-state index in [0.29, 0.717) is 11.5 Å². The molecule has 0 fully saturated rings. The predicted octanol–water partition coefficient (Wildman–Crippen LogP) is 4.19. The molecule has 0 saturated heterocycles. The van der Waals surface area contributed by atoms with Crippen LogP contribution in [0, 0.1) is 0 Å². The second-order valence-corrected chi connectivity index (χ2v) is 7.27. The molecule has 6 nitrogen and oxygen atoms in total. The van der Waals surface area contributed by atoms with Crippen molar-refractivity contribution in [3.63, 3.8) is 0 Å². The zero-order valence-electron chi connectivity index (χ0n) is 15.1. The summed E-state index contributed by atoms with van der Waals surface area (Å²) in [5, 5.41) is 9.68. The zero-order valence-corrected chi connectivity index (χ0v) is 15.9. The van der Waals surface area contributed by atoms with Gasteiger partial charge in [-0.15, -0.1) is 11.3 Å². The van der Waals surface area contributed by atoms with Crippen LogP contribution in [-0.4, -0.2) is 22.4 Å². The van der Waals surface area contributed by atoms with E-state index in [2.05, 4.69) is 38.1 Å². The molecule has 7 heteroatoms. The highest BCUT2D eigenvalue weighted by Crippen LogP contribution is 2.24. The molecule has 0 radical (unpaired) electrons. The number of aromatic nitrogens is 2. The maximum atomic E-state index is 11.2. The first kappa shape index (κ1) is 17.9. The van der Waals surface area contributed by atoms with Gasteiger partial charge in [0.05, 0.1) is 5.52 Å². The number of carbonyl (C=O) groups is 1. The lowest BCUT2D eigenvalue weighted by atomic mass is 10.2. The zero-order chi connectivity index (χ0) is 19.3. The van der Waals surface area contributed by atoms with Crippen LogP contribution in [0.15, 0.2) is 66.0 Å². The monoisotopic (exact) mass is 389 g/mol. The number of fused-ring (bicyclic) bond motifs is 1. The van der Waals surface area contributed by atoms with Crippen molar-refractivity contribution in [2.75, 3.05) is 17.2 Å². The molecule has 0 bridgehead atoms. The Bertz CT molecular complexity index is 1090. The number of rotatable bonds is 7. The molecule has 0 aliphatic heterocycles. The molecular formula is C21H19N5OS. The molecule has 0 saturated carbocycles. The Labute approximate surface area is 166 Å². The molecule has 4 aromatic rings. The minimum atomic E-state index is -0.453. The molecule has 0 spiro atoms. The Balaban J connectivity index is 1.57. The molecule has 28 heavy (non-hydrogen) atoms. The maximum Gasteiger partial charge on any atom is 0.248 e. The van der Waals surface area contributed by atoms with Crippen molar-refractivity contribution < 1.29 is 4.79 Å². The molecule has 2 aromatic carbocycles. The van der Waals surface area contributed by atoms with Gasteiger partial charge in [-0.1, -0.05) is 18.2 Å². The van der Waals surface area contributed by atoms with Crippen molar-refractivity contribution >= 4 is 45.6 Å². The molecule has 140 valence electrons. The van der Waals surface area contributed by atoms with Crippen LogP contribution < -0.4 is 16.4 Å². The fourth-order valence-corrected chi connectivity index (χ4v) is 3.58. The van der Waals surface area contributed by atoms with Gasteiger partial charge < -0.3 is 16.4 Å². The fourth-order valence-electron chi connectivity index (χ4n) is 2.87. The smallest absolute Gasteiger partial charge is 0.248 e. The summed E-state index contributed by atoms with van der Waals surface area (Å²) < 4.78 is 0. The Morgan fingerprint density at radius 2 is 1.82 bits per heavy atom. The highest BCUT2D eigenvalue weighted by Gasteiger charge is 2.08. The summed E-state index contributed by atoms with van der Waals surface area (Å²) in [5.74, 6) is 0.827. The Morgan fingerprint density at radius 3 is 2.57 bits per heavy atom. The molecule has 0 aliphatic carbocycles. The summed E-state index contributed by atoms with van der Waals surface area (Å²) in [6.07, 6.45) is 0.938. The number of nitrogens with zero attached hydrogens (tertiary/aromatic N) is 2. The molecule has 0 aliphatic rings. The average molecular weight is 389 g/mol. The van der Waals surface area contributed by atoms with E-state index in [9.17, 15) is 4.79 Å². The van der Waals surface area contributed by atoms with E-state index in [-0.39, 0.29) is 0 Å². The molecule has 0 atom stereocenters. The van der Waals surface area contributed by atoms with Gasteiger partial charge in [0.25, 0.3) is 0 Å². The van der Waals surface area contributed by atoms with Gasteiger partial charge in [-0.2, -0.15) is 4.98 Å². The number of amides is 1. The first-order valence-electron chi connectivity index (χ1n) is 8.89. The minimum Gasteiger partial charge on any atom is -0.369 e. The standard InChI is InChI=1S/C21H19N5OS/c22-19(27)14-7-9-15(10-8-14)24-21-25-18-6-2-1-5-17(18)20(26-21)23-12-11-16-4-3-13-28-16/h1-10,13H,11-12H2,(H2,22,27)(H2,23,24,25,26). The molecular weight excluding hydrogens is 370 g/mol. The SMILES string of the molecule is NC(=O)c1ccc(Nc2nc(NCCc3cccs3)c3ccccc3n2)cc1. The largest absolute Gasteiger partial charge is 0.369 e. The number of benzene rings is 2. The van der Waals surface area contributed by atoms with Crippen LogP contribution in [0.3, 0.4) is 0 Å². The number of anilines is 3. The molecule has 4 N–H and O–H groups in total. The lowest BCUT2D eigenvalue weighted by Gasteiger charge is -2.12. The van der Waals surface area contributed by atoms with Crippen LogP contribution in [0.1, 0.15) is 15.2 Å². The number of nitrogens with two attached hydrogens (primary N) is 1. The van der Waals surface area contributed by atoms with E-state index >= 15 is 0 Å². The van der Waals surface area contributed by atoms with Crippen molar-refractivity contribution in [2.45, 2.75) is 6.42 Å². The Hall–Kier alpha value is -3.45. The van der Waals surface area contributed by atoms with E-state index in [4.69, 9.17) is 5.73 Å². The van der Waals surface area contributed by atoms with Crippen molar-refractivity contribution in [2.24, 2.45) is 5.73 Å². The fraction of sp³-hybridized carbons (Fsp3) is 0.0952. The summed E-state index contributed by atoms with van der Waals surface area (Å²) in [4.78, 5) is 21.8. The third kappa shape index (κ3) is 4.10. The molecule has 2 aromatic heterocycles. The van der Waals surface area contributed by atoms with Gasteiger partial charge in [-0.3, -0.25) is 4.79 Å². The van der Waals surface area contributed by atoms with Gasteiger partial charge in [-0.05, 0) is 54.3 Å². The van der Waals surface area contributed by atoms with Gasteiger partial charge in [-0.25, -0.2) is 4.98 Å². The first-order chi connectivity index (χ1) is 13.7. The molecule has 1 amide bonds. The maximum absolute atomic E-state index is 11.2. The predicted molar refractivity (Wildman–Crippen MR) is 114 cm³/mol. The minimum absolute atomic E-state index is 0.453. The second-order valence-electron chi connectivity index (χ2n) is 6.24. The normalized spacial score (nSPS) is 10.7. The van der Waals surface area contributed by atoms with Crippen molar-refractivity contribution in [3.05, 3.63) is 76.5 Å². The quantitative estimate of drug-likeness (QED) is 0.441. The van der Waals surface area contributed by atoms with Crippen LogP contribution >= 0.6 is 11.3 Å². The Kier molecular flexibility index (Phi) is 5.16. The van der Waals surface area contributed by atoms with Crippen molar-refractivity contribution in [1.82, 2.24) is 9.97 Å². The highest BCUT2D eigenvalue weighted by atomic mass is 32.1. The van der Waals surface area contributed by atoms with Crippen LogP contribution in [0.2, 0.25) is 0 Å². The Morgan fingerprint density at radius 1 is 1.00 bits per heavy atom. The lowest BCUT2D eigenvalue weighted by Crippen LogP contribution is -2.10. The van der Waals surface area contributed by atoms with Crippen molar-refractivity contribution in [3.8, 4) is 0 Å². The van der Waals surface area contributed by atoms with Gasteiger partial charge in [0.1, 0.15) is 5.82 Å². The first-order valence-corrected chi connectivity index (χ1v) is 9.77. The van der Waals surface area contributed by atoms with E-state index in [1.54, 1.807) is 35.6 Å². The number of hydrogen-bond acceptors (Lipinski definition) is 6. The number of para-hydroxylation sites is 1. The lowest BCUT2D eigenvalue weighted by molar-refractivity contribution is 0.100. The number of hydrogen-bond donors (Lipinski definition) is 3. The van der Waals surface area contributed by atoms with Crippen LogP contribution in [0.25, 0.3) is 10.9 Å².